The van der Waals surface area contributed by atoms with Crippen molar-refractivity contribution >= 4 is 50.1 Å². The normalized spacial score (nSPS) is 11.1. The van der Waals surface area contributed by atoms with Gasteiger partial charge in [-0.2, -0.15) is 0 Å². The number of nitrogens with one attached hydrogen (secondary N) is 1. The van der Waals surface area contributed by atoms with Crippen molar-refractivity contribution in [2.75, 3.05) is 11.9 Å². The molecule has 0 unspecified atom stereocenters. The number of aryl methyl sites for hydroxylation is 1. The van der Waals surface area contributed by atoms with Gasteiger partial charge in [0.15, 0.2) is 5.76 Å². The van der Waals surface area contributed by atoms with Crippen molar-refractivity contribution in [2.45, 2.75) is 26.7 Å². The van der Waals surface area contributed by atoms with Crippen molar-refractivity contribution in [3.05, 3.63) is 83.1 Å². The minimum absolute atomic E-state index is 0.177. The molecule has 0 radical (unpaired) electrons. The zero-order chi connectivity index (χ0) is 24.4. The van der Waals surface area contributed by atoms with E-state index < -0.39 is 11.9 Å². The van der Waals surface area contributed by atoms with Crippen LogP contribution < -0.4 is 5.32 Å². The number of aromatic nitrogens is 1. The number of ether oxygens (including phenoxy) is 1. The van der Waals surface area contributed by atoms with Crippen LogP contribution in [0.25, 0.3) is 33.0 Å². The number of unbranched alkanes of at least 4 members (excludes halogenated alkanes) is 1. The second-order valence-corrected chi connectivity index (χ2v) is 9.15. The quantitative estimate of drug-likeness (QED) is 0.195. The van der Waals surface area contributed by atoms with Gasteiger partial charge < -0.3 is 14.5 Å². The van der Waals surface area contributed by atoms with Gasteiger partial charge in [-0.3, -0.25) is 9.78 Å². The number of rotatable bonds is 7. The molecule has 1 amide bonds. The molecule has 3 heterocycles. The number of fused-ring (bicyclic) bond motifs is 2. The van der Waals surface area contributed by atoms with Gasteiger partial charge in [-0.15, -0.1) is 11.3 Å². The summed E-state index contributed by atoms with van der Waals surface area (Å²) in [5.41, 5.74) is 4.45. The Hall–Kier alpha value is -3.97. The number of carbonyl (C=O) groups excluding carboxylic acids is 2. The zero-order valence-electron chi connectivity index (χ0n) is 19.5. The van der Waals surface area contributed by atoms with Gasteiger partial charge in [-0.1, -0.05) is 49.7 Å². The zero-order valence-corrected chi connectivity index (χ0v) is 20.3. The number of nitrogens with zero attached hydrogens (tertiary/aromatic N) is 1. The number of esters is 1. The summed E-state index contributed by atoms with van der Waals surface area (Å²) in [6.07, 6.45) is 3.43. The predicted molar refractivity (Wildman–Crippen MR) is 139 cm³/mol. The highest BCUT2D eigenvalue weighted by Crippen LogP contribution is 2.40. The molecule has 5 rings (SSSR count). The molecule has 0 saturated carbocycles. The fraction of sp³-hybridized carbons (Fsp3) is 0.179. The Morgan fingerprint density at radius 1 is 1.09 bits per heavy atom. The van der Waals surface area contributed by atoms with E-state index in [4.69, 9.17) is 9.15 Å². The summed E-state index contributed by atoms with van der Waals surface area (Å²) in [4.78, 5) is 30.8. The molecule has 0 aliphatic carbocycles. The minimum atomic E-state index is -0.466. The molecule has 2 aromatic carbocycles. The lowest BCUT2D eigenvalue weighted by atomic mass is 9.97. The molecule has 0 atom stereocenters. The number of thiophene rings is 1. The number of furan rings is 1. The monoisotopic (exact) mass is 484 g/mol. The van der Waals surface area contributed by atoms with E-state index in [2.05, 4.69) is 10.3 Å². The maximum Gasteiger partial charge on any atom is 0.341 e. The second kappa shape index (κ2) is 9.72. The average Bonchev–Trinajstić information content (AvgIpc) is 3.49. The van der Waals surface area contributed by atoms with Gasteiger partial charge in [0.1, 0.15) is 16.1 Å². The Bertz CT molecular complexity index is 1520. The summed E-state index contributed by atoms with van der Waals surface area (Å²) in [5, 5.41) is 6.94. The van der Waals surface area contributed by atoms with Crippen LogP contribution in [-0.4, -0.2) is 23.5 Å². The Labute approximate surface area is 206 Å². The number of carbonyl (C=O) groups is 2. The highest BCUT2D eigenvalue weighted by Gasteiger charge is 2.25. The largest absolute Gasteiger partial charge is 0.462 e. The fourth-order valence-corrected chi connectivity index (χ4v) is 4.98. The van der Waals surface area contributed by atoms with Gasteiger partial charge in [-0.25, -0.2) is 4.79 Å². The second-order valence-electron chi connectivity index (χ2n) is 8.28. The molecule has 5 aromatic rings. The first-order valence-electron chi connectivity index (χ1n) is 11.5. The lowest BCUT2D eigenvalue weighted by Crippen LogP contribution is -2.14. The molecule has 0 saturated heterocycles. The summed E-state index contributed by atoms with van der Waals surface area (Å²) in [6.45, 7) is 4.36. The van der Waals surface area contributed by atoms with Crippen molar-refractivity contribution in [1.82, 2.24) is 4.98 Å². The van der Waals surface area contributed by atoms with Crippen LogP contribution in [0.5, 0.6) is 0 Å². The topological polar surface area (TPSA) is 81.4 Å². The van der Waals surface area contributed by atoms with E-state index in [0.717, 1.165) is 40.3 Å². The lowest BCUT2D eigenvalue weighted by molar-refractivity contribution is 0.0502. The number of benzene rings is 2. The first kappa shape index (κ1) is 22.8. The molecule has 0 spiro atoms. The molecule has 176 valence electrons. The SMILES string of the molecule is CCCCOC(=O)c1c(-c2ccc(C)c3ncccc23)csc1NC(=O)c1cc2ccccc2o1. The van der Waals surface area contributed by atoms with Crippen LogP contribution in [0.4, 0.5) is 5.00 Å². The maximum atomic E-state index is 13.3. The molecule has 0 bridgehead atoms. The van der Waals surface area contributed by atoms with Gasteiger partial charge in [0.05, 0.1) is 12.1 Å². The Morgan fingerprint density at radius 2 is 1.94 bits per heavy atom. The van der Waals surface area contributed by atoms with E-state index in [9.17, 15) is 9.59 Å². The average molecular weight is 485 g/mol. The Balaban J connectivity index is 1.56. The summed E-state index contributed by atoms with van der Waals surface area (Å²) >= 11 is 1.29. The van der Waals surface area contributed by atoms with E-state index in [0.29, 0.717) is 28.3 Å². The van der Waals surface area contributed by atoms with Gasteiger partial charge >= 0.3 is 5.97 Å². The summed E-state index contributed by atoms with van der Waals surface area (Å²) in [6, 6.07) is 16.9. The van der Waals surface area contributed by atoms with E-state index in [1.165, 1.54) is 11.3 Å². The Kier molecular flexibility index (Phi) is 6.33. The fourth-order valence-electron chi connectivity index (χ4n) is 4.04. The molecular formula is C28H24N2O4S. The smallest absolute Gasteiger partial charge is 0.341 e. The molecule has 3 aromatic heterocycles. The van der Waals surface area contributed by atoms with Crippen molar-refractivity contribution in [2.24, 2.45) is 0 Å². The first-order chi connectivity index (χ1) is 17.1. The van der Waals surface area contributed by atoms with Crippen LogP contribution in [0.1, 0.15) is 46.2 Å². The van der Waals surface area contributed by atoms with Gasteiger partial charge in [0, 0.05) is 27.9 Å². The summed E-state index contributed by atoms with van der Waals surface area (Å²) < 4.78 is 11.3. The van der Waals surface area contributed by atoms with E-state index in [1.54, 1.807) is 12.3 Å². The standard InChI is InChI=1S/C28H24N2O4S/c1-3-4-14-33-28(32)24-21(19-12-11-17(2)25-20(19)9-7-13-29-25)16-35-27(24)30-26(31)23-15-18-8-5-6-10-22(18)34-23/h5-13,15-16H,3-4,14H2,1-2H3,(H,30,31). The number of para-hydroxylation sites is 1. The van der Waals surface area contributed by atoms with E-state index in [1.807, 2.05) is 67.8 Å². The molecule has 1 N–H and O–H groups in total. The van der Waals surface area contributed by atoms with Crippen LogP contribution in [0.2, 0.25) is 0 Å². The highest BCUT2D eigenvalue weighted by molar-refractivity contribution is 7.15. The van der Waals surface area contributed by atoms with Crippen molar-refractivity contribution in [1.29, 1.82) is 0 Å². The third-order valence-corrected chi connectivity index (χ3v) is 6.76. The van der Waals surface area contributed by atoms with Crippen LogP contribution >= 0.6 is 11.3 Å². The van der Waals surface area contributed by atoms with Crippen molar-refractivity contribution < 1.29 is 18.7 Å². The molecule has 7 heteroatoms. The summed E-state index contributed by atoms with van der Waals surface area (Å²) in [7, 11) is 0. The van der Waals surface area contributed by atoms with Crippen LogP contribution in [-0.2, 0) is 4.74 Å². The molecular weight excluding hydrogens is 460 g/mol. The number of anilines is 1. The number of pyridine rings is 1. The third-order valence-electron chi connectivity index (χ3n) is 5.86. The van der Waals surface area contributed by atoms with E-state index in [-0.39, 0.29) is 5.76 Å². The minimum Gasteiger partial charge on any atom is -0.462 e. The first-order valence-corrected chi connectivity index (χ1v) is 12.4. The van der Waals surface area contributed by atoms with E-state index >= 15 is 0 Å². The van der Waals surface area contributed by atoms with Gasteiger partial charge in [0.25, 0.3) is 5.91 Å². The molecule has 0 aliphatic heterocycles. The number of amides is 1. The van der Waals surface area contributed by atoms with Crippen LogP contribution in [0.3, 0.4) is 0 Å². The van der Waals surface area contributed by atoms with Gasteiger partial charge in [0.2, 0.25) is 0 Å². The Morgan fingerprint density at radius 3 is 2.77 bits per heavy atom. The maximum absolute atomic E-state index is 13.3. The highest BCUT2D eigenvalue weighted by atomic mass is 32.1. The van der Waals surface area contributed by atoms with Crippen molar-refractivity contribution in [3.63, 3.8) is 0 Å². The van der Waals surface area contributed by atoms with Crippen LogP contribution in [0, 0.1) is 6.92 Å². The predicted octanol–water partition coefficient (Wildman–Crippen LogP) is 7.23. The van der Waals surface area contributed by atoms with Crippen molar-refractivity contribution in [3.8, 4) is 11.1 Å². The lowest BCUT2D eigenvalue weighted by Gasteiger charge is -2.11. The molecule has 0 fully saturated rings. The van der Waals surface area contributed by atoms with Gasteiger partial charge in [-0.05, 0) is 42.7 Å². The van der Waals surface area contributed by atoms with Crippen LogP contribution in [0.15, 0.2) is 70.6 Å². The molecule has 0 aliphatic rings. The molecule has 6 nitrogen and oxygen atoms in total. The summed E-state index contributed by atoms with van der Waals surface area (Å²) in [5.74, 6) is -0.712. The third kappa shape index (κ3) is 4.42. The molecule has 35 heavy (non-hydrogen) atoms. The number of hydrogen-bond donors (Lipinski definition) is 1. The number of hydrogen-bond acceptors (Lipinski definition) is 6.